The van der Waals surface area contributed by atoms with Crippen LogP contribution in [0.4, 0.5) is 0 Å². The van der Waals surface area contributed by atoms with Crippen molar-refractivity contribution in [3.05, 3.63) is 28.9 Å². The largest absolute Gasteiger partial charge is 0.479 e. The predicted octanol–water partition coefficient (Wildman–Crippen LogP) is 2.74. The van der Waals surface area contributed by atoms with Gasteiger partial charge in [-0.25, -0.2) is 0 Å². The van der Waals surface area contributed by atoms with Crippen molar-refractivity contribution in [3.63, 3.8) is 0 Å². The van der Waals surface area contributed by atoms with Crippen molar-refractivity contribution in [2.75, 3.05) is 14.2 Å². The molecule has 0 amide bonds. The Balaban J connectivity index is 2.53. The third-order valence-electron chi connectivity index (χ3n) is 2.59. The number of methoxy groups -OCH3 is 1. The molecule has 0 atom stereocenters. The second-order valence-electron chi connectivity index (χ2n) is 4.32. The first-order valence-corrected chi connectivity index (χ1v) is 5.95. The maximum absolute atomic E-state index is 6.18. The summed E-state index contributed by atoms with van der Waals surface area (Å²) < 4.78 is 13.1. The molecule has 0 spiro atoms. The number of nitrogens with zero attached hydrogens (tertiary/aromatic N) is 2. The summed E-state index contributed by atoms with van der Waals surface area (Å²) in [6.07, 6.45) is 0.0629. The summed E-state index contributed by atoms with van der Waals surface area (Å²) in [6, 6.07) is 3.86. The second-order valence-corrected chi connectivity index (χ2v) is 4.71. The van der Waals surface area contributed by atoms with Crippen molar-refractivity contribution >= 4 is 17.5 Å². The number of halogens is 1. The number of hydrogen-bond donors (Lipinski definition) is 0. The molecule has 2 heterocycles. The monoisotopic (exact) mass is 256 g/mol. The Kier molecular flexibility index (Phi) is 3.24. The minimum Gasteiger partial charge on any atom is -0.479 e. The molecule has 0 aromatic carbocycles. The van der Waals surface area contributed by atoms with E-state index < -0.39 is 0 Å². The van der Waals surface area contributed by atoms with Crippen LogP contribution in [-0.4, -0.2) is 29.7 Å². The fourth-order valence-corrected chi connectivity index (χ4v) is 2.19. The number of aromatic nitrogens is 1. The third-order valence-corrected chi connectivity index (χ3v) is 2.88. The Hall–Kier alpha value is -1.29. The highest BCUT2D eigenvalue weighted by Crippen LogP contribution is 2.31. The van der Waals surface area contributed by atoms with Crippen LogP contribution in [0.3, 0.4) is 0 Å². The van der Waals surface area contributed by atoms with E-state index in [1.807, 2.05) is 42.5 Å². The van der Waals surface area contributed by atoms with Crippen LogP contribution in [0, 0.1) is 0 Å². The maximum atomic E-state index is 6.18. The van der Waals surface area contributed by atoms with Crippen LogP contribution in [0.25, 0.3) is 5.88 Å². The smallest absolute Gasteiger partial charge is 0.261 e. The average Bonchev–Trinajstić information content (AvgIpc) is 2.59. The highest BCUT2D eigenvalue weighted by molar-refractivity contribution is 6.30. The molecule has 0 unspecified atom stereocenters. The third kappa shape index (κ3) is 2.09. The number of ether oxygens (including phenoxy) is 2. The zero-order chi connectivity index (χ0) is 12.6. The van der Waals surface area contributed by atoms with E-state index in [2.05, 4.69) is 0 Å². The average molecular weight is 257 g/mol. The number of fused-ring (bicyclic) bond motifs is 1. The van der Waals surface area contributed by atoms with E-state index in [9.17, 15) is 0 Å². The fraction of sp³-hybridized carbons (Fsp3) is 0.500. The van der Waals surface area contributed by atoms with Gasteiger partial charge >= 0.3 is 0 Å². The molecule has 1 aromatic heterocycles. The molecular formula is C12H17ClN2O2. The summed E-state index contributed by atoms with van der Waals surface area (Å²) in [5.41, 5.74) is 1.09. The molecule has 0 saturated heterocycles. The van der Waals surface area contributed by atoms with Gasteiger partial charge in [0.15, 0.2) is 0 Å². The summed E-state index contributed by atoms with van der Waals surface area (Å²) in [5.74, 6) is 1.35. The normalized spacial score (nSPS) is 15.3. The molecule has 0 aliphatic carbocycles. The zero-order valence-corrected chi connectivity index (χ0v) is 11.3. The van der Waals surface area contributed by atoms with Gasteiger partial charge in [-0.2, -0.15) is 0 Å². The molecule has 1 aromatic rings. The lowest BCUT2D eigenvalue weighted by Gasteiger charge is -2.31. The lowest BCUT2D eigenvalue weighted by molar-refractivity contribution is 0.113. The highest BCUT2D eigenvalue weighted by Gasteiger charge is 2.27. The molecular weight excluding hydrogens is 240 g/mol. The Bertz CT molecular complexity index is 451. The van der Waals surface area contributed by atoms with Gasteiger partial charge in [0.05, 0.1) is 19.8 Å². The molecule has 94 valence electrons. The summed E-state index contributed by atoms with van der Waals surface area (Å²) in [4.78, 5) is 2.00. The van der Waals surface area contributed by atoms with E-state index in [4.69, 9.17) is 21.1 Å². The first-order valence-electron chi connectivity index (χ1n) is 5.57. The Morgan fingerprint density at radius 2 is 2.00 bits per heavy atom. The minimum absolute atomic E-state index is 0.0629. The van der Waals surface area contributed by atoms with E-state index >= 15 is 0 Å². The van der Waals surface area contributed by atoms with Crippen LogP contribution in [0.15, 0.2) is 18.0 Å². The first-order chi connectivity index (χ1) is 8.04. The molecule has 0 fully saturated rings. The number of rotatable bonds is 3. The minimum atomic E-state index is 0.0629. The molecule has 1 aliphatic heterocycles. The molecule has 17 heavy (non-hydrogen) atoms. The van der Waals surface area contributed by atoms with Crippen molar-refractivity contribution in [1.82, 2.24) is 9.47 Å². The van der Waals surface area contributed by atoms with E-state index in [1.54, 1.807) is 7.11 Å². The van der Waals surface area contributed by atoms with Gasteiger partial charge < -0.3 is 14.4 Å². The van der Waals surface area contributed by atoms with Crippen molar-refractivity contribution < 1.29 is 9.47 Å². The standard InChI is InChI=1S/C12H17ClN2O2/c1-8(2)17-12-11(16-4)14(3)7-9-5-6-10(13)15(9)12/h5-6,8H,7H2,1-4H3. The quantitative estimate of drug-likeness (QED) is 0.832. The van der Waals surface area contributed by atoms with Crippen LogP contribution in [0.2, 0.25) is 5.15 Å². The van der Waals surface area contributed by atoms with Crippen molar-refractivity contribution in [2.45, 2.75) is 26.5 Å². The summed E-state index contributed by atoms with van der Waals surface area (Å²) >= 11 is 6.18. The topological polar surface area (TPSA) is 26.6 Å². The second kappa shape index (κ2) is 4.53. The lowest BCUT2D eigenvalue weighted by Crippen LogP contribution is -2.29. The highest BCUT2D eigenvalue weighted by atomic mass is 35.5. The zero-order valence-electron chi connectivity index (χ0n) is 10.5. The maximum Gasteiger partial charge on any atom is 0.261 e. The number of hydrogen-bond acceptors (Lipinski definition) is 3. The summed E-state index contributed by atoms with van der Waals surface area (Å²) in [5, 5.41) is 0.637. The molecule has 4 nitrogen and oxygen atoms in total. The first kappa shape index (κ1) is 12.2. The molecule has 2 rings (SSSR count). The van der Waals surface area contributed by atoms with Gasteiger partial charge in [-0.1, -0.05) is 11.6 Å². The Morgan fingerprint density at radius 1 is 1.29 bits per heavy atom. The van der Waals surface area contributed by atoms with E-state index in [0.717, 1.165) is 12.2 Å². The van der Waals surface area contributed by atoms with Gasteiger partial charge in [0, 0.05) is 12.7 Å². The molecule has 0 bridgehead atoms. The summed E-state index contributed by atoms with van der Waals surface area (Å²) in [6.45, 7) is 4.71. The van der Waals surface area contributed by atoms with Gasteiger partial charge in [0.2, 0.25) is 0 Å². The van der Waals surface area contributed by atoms with E-state index in [0.29, 0.717) is 16.9 Å². The van der Waals surface area contributed by atoms with Crippen LogP contribution < -0.4 is 0 Å². The van der Waals surface area contributed by atoms with Crippen LogP contribution >= 0.6 is 11.6 Å². The molecule has 0 N–H and O–H groups in total. The SMILES string of the molecule is COC1=C(OC(C)C)n2c(Cl)ccc2CN1C. The van der Waals surface area contributed by atoms with Crippen molar-refractivity contribution in [1.29, 1.82) is 0 Å². The predicted molar refractivity (Wildman–Crippen MR) is 67.4 cm³/mol. The van der Waals surface area contributed by atoms with Crippen LogP contribution in [0.1, 0.15) is 19.5 Å². The molecule has 5 heteroatoms. The fourth-order valence-electron chi connectivity index (χ4n) is 1.95. The molecule has 0 saturated carbocycles. The van der Waals surface area contributed by atoms with Gasteiger partial charge in [-0.05, 0) is 26.0 Å². The summed E-state index contributed by atoms with van der Waals surface area (Å²) in [7, 11) is 3.60. The van der Waals surface area contributed by atoms with E-state index in [1.165, 1.54) is 0 Å². The van der Waals surface area contributed by atoms with Gasteiger partial charge in [0.25, 0.3) is 11.8 Å². The molecule has 0 radical (unpaired) electrons. The van der Waals surface area contributed by atoms with Crippen LogP contribution in [0.5, 0.6) is 0 Å². The van der Waals surface area contributed by atoms with Gasteiger partial charge in [-0.15, -0.1) is 0 Å². The van der Waals surface area contributed by atoms with E-state index in [-0.39, 0.29) is 6.10 Å². The van der Waals surface area contributed by atoms with Gasteiger partial charge in [0.1, 0.15) is 5.15 Å². The van der Waals surface area contributed by atoms with Crippen LogP contribution in [-0.2, 0) is 16.0 Å². The lowest BCUT2D eigenvalue weighted by atomic mass is 10.3. The molecule has 1 aliphatic rings. The Morgan fingerprint density at radius 3 is 2.59 bits per heavy atom. The Labute approximate surface area is 106 Å². The van der Waals surface area contributed by atoms with Crippen molar-refractivity contribution in [2.24, 2.45) is 0 Å². The van der Waals surface area contributed by atoms with Gasteiger partial charge in [-0.3, -0.25) is 4.57 Å². The van der Waals surface area contributed by atoms with Crippen molar-refractivity contribution in [3.8, 4) is 0 Å².